The van der Waals surface area contributed by atoms with Gasteiger partial charge in [-0.15, -0.1) is 0 Å². The summed E-state index contributed by atoms with van der Waals surface area (Å²) in [5.41, 5.74) is 1.72. The minimum atomic E-state index is -0.0616. The molecular formula is C15H18BrN3O. The lowest BCUT2D eigenvalue weighted by molar-refractivity contribution is 0.0930. The molecule has 0 aliphatic heterocycles. The molecule has 0 radical (unpaired) electrons. The Balaban J connectivity index is 2.12. The van der Waals surface area contributed by atoms with Crippen LogP contribution in [0.4, 0.5) is 0 Å². The first-order valence-corrected chi connectivity index (χ1v) is 7.47. The highest BCUT2D eigenvalue weighted by Crippen LogP contribution is 2.17. The largest absolute Gasteiger partial charge is 0.344 e. The number of amides is 1. The van der Waals surface area contributed by atoms with Gasteiger partial charge in [-0.3, -0.25) is 9.78 Å². The number of carbonyl (C=O) groups is 1. The van der Waals surface area contributed by atoms with Crippen LogP contribution in [0.15, 0.2) is 41.3 Å². The Labute approximate surface area is 127 Å². The Kier molecular flexibility index (Phi) is 4.95. The molecule has 0 bridgehead atoms. The van der Waals surface area contributed by atoms with E-state index in [1.807, 2.05) is 35.9 Å². The third-order valence-corrected chi connectivity index (χ3v) is 3.55. The van der Waals surface area contributed by atoms with E-state index < -0.39 is 0 Å². The molecule has 0 aliphatic carbocycles. The molecule has 1 atom stereocenters. The van der Waals surface area contributed by atoms with Crippen molar-refractivity contribution in [2.75, 3.05) is 0 Å². The van der Waals surface area contributed by atoms with Gasteiger partial charge >= 0.3 is 0 Å². The molecule has 0 spiro atoms. The fraction of sp³-hybridized carbons (Fsp3) is 0.333. The van der Waals surface area contributed by atoms with Gasteiger partial charge in [0.15, 0.2) is 0 Å². The number of carbonyl (C=O) groups excluding carboxylic acids is 1. The summed E-state index contributed by atoms with van der Waals surface area (Å²) in [6.45, 7) is 4.89. The first-order valence-electron chi connectivity index (χ1n) is 6.68. The van der Waals surface area contributed by atoms with Gasteiger partial charge < -0.3 is 9.88 Å². The second-order valence-electron chi connectivity index (χ2n) is 4.71. The molecule has 2 rings (SSSR count). The molecule has 1 amide bonds. The van der Waals surface area contributed by atoms with Gasteiger partial charge in [-0.2, -0.15) is 0 Å². The van der Waals surface area contributed by atoms with Gasteiger partial charge in [0.2, 0.25) is 0 Å². The molecule has 106 valence electrons. The zero-order valence-electron chi connectivity index (χ0n) is 11.6. The standard InChI is InChI=1S/C15H18BrN3O/c1-3-8-19-10-13(16)9-14(19)15(20)18-11(2)12-4-6-17-7-5-12/h4-7,9-11H,3,8H2,1-2H3,(H,18,20). The Morgan fingerprint density at radius 3 is 2.80 bits per heavy atom. The molecule has 0 aliphatic rings. The van der Waals surface area contributed by atoms with E-state index in [1.54, 1.807) is 12.4 Å². The van der Waals surface area contributed by atoms with Crippen LogP contribution >= 0.6 is 15.9 Å². The van der Waals surface area contributed by atoms with Gasteiger partial charge in [0, 0.05) is 29.6 Å². The molecule has 2 aromatic heterocycles. The van der Waals surface area contributed by atoms with Crippen molar-refractivity contribution >= 4 is 21.8 Å². The average Bonchev–Trinajstić information content (AvgIpc) is 2.81. The van der Waals surface area contributed by atoms with Crippen LogP contribution in [-0.2, 0) is 6.54 Å². The second kappa shape index (κ2) is 6.70. The molecule has 1 unspecified atom stereocenters. The van der Waals surface area contributed by atoms with Crippen molar-refractivity contribution in [3.8, 4) is 0 Å². The lowest BCUT2D eigenvalue weighted by atomic mass is 10.1. The summed E-state index contributed by atoms with van der Waals surface area (Å²) >= 11 is 3.42. The molecule has 20 heavy (non-hydrogen) atoms. The number of hydrogen-bond donors (Lipinski definition) is 1. The number of pyridine rings is 1. The molecule has 5 heteroatoms. The zero-order chi connectivity index (χ0) is 14.5. The van der Waals surface area contributed by atoms with E-state index in [0.29, 0.717) is 5.69 Å². The number of aryl methyl sites for hydroxylation is 1. The van der Waals surface area contributed by atoms with Crippen LogP contribution in [0.5, 0.6) is 0 Å². The van der Waals surface area contributed by atoms with E-state index in [2.05, 4.69) is 33.2 Å². The predicted molar refractivity (Wildman–Crippen MR) is 82.5 cm³/mol. The maximum absolute atomic E-state index is 12.4. The summed E-state index contributed by atoms with van der Waals surface area (Å²) in [7, 11) is 0. The summed E-state index contributed by atoms with van der Waals surface area (Å²) in [4.78, 5) is 16.4. The zero-order valence-corrected chi connectivity index (χ0v) is 13.2. The molecule has 0 saturated heterocycles. The molecule has 2 aromatic rings. The fourth-order valence-electron chi connectivity index (χ4n) is 2.10. The van der Waals surface area contributed by atoms with Crippen LogP contribution in [0.3, 0.4) is 0 Å². The smallest absolute Gasteiger partial charge is 0.268 e. The van der Waals surface area contributed by atoms with Gasteiger partial charge in [0.05, 0.1) is 6.04 Å². The quantitative estimate of drug-likeness (QED) is 0.908. The van der Waals surface area contributed by atoms with Crippen molar-refractivity contribution in [2.45, 2.75) is 32.9 Å². The number of halogens is 1. The van der Waals surface area contributed by atoms with Crippen LogP contribution < -0.4 is 5.32 Å². The van der Waals surface area contributed by atoms with Crippen LogP contribution in [0, 0.1) is 0 Å². The van der Waals surface area contributed by atoms with Crippen molar-refractivity contribution in [2.24, 2.45) is 0 Å². The van der Waals surface area contributed by atoms with Crippen molar-refractivity contribution in [1.29, 1.82) is 0 Å². The van der Waals surface area contributed by atoms with Crippen molar-refractivity contribution in [3.63, 3.8) is 0 Å². The topological polar surface area (TPSA) is 46.9 Å². The fourth-order valence-corrected chi connectivity index (χ4v) is 2.56. The third kappa shape index (κ3) is 3.48. The highest BCUT2D eigenvalue weighted by molar-refractivity contribution is 9.10. The molecule has 0 saturated carbocycles. The number of rotatable bonds is 5. The summed E-state index contributed by atoms with van der Waals surface area (Å²) < 4.78 is 2.89. The van der Waals surface area contributed by atoms with Gasteiger partial charge in [-0.1, -0.05) is 6.92 Å². The normalized spacial score (nSPS) is 12.2. The Morgan fingerprint density at radius 1 is 1.45 bits per heavy atom. The van der Waals surface area contributed by atoms with Gasteiger partial charge in [0.1, 0.15) is 5.69 Å². The maximum atomic E-state index is 12.4. The van der Waals surface area contributed by atoms with Crippen LogP contribution in [0.1, 0.15) is 42.4 Å². The summed E-state index contributed by atoms with van der Waals surface area (Å²) in [6, 6.07) is 5.62. The van der Waals surface area contributed by atoms with Gasteiger partial charge in [-0.05, 0) is 53.0 Å². The predicted octanol–water partition coefficient (Wildman–Crippen LogP) is 3.55. The van der Waals surface area contributed by atoms with E-state index in [0.717, 1.165) is 23.0 Å². The van der Waals surface area contributed by atoms with Gasteiger partial charge in [-0.25, -0.2) is 0 Å². The summed E-state index contributed by atoms with van der Waals surface area (Å²) in [5, 5.41) is 3.02. The van der Waals surface area contributed by atoms with E-state index in [4.69, 9.17) is 0 Å². The minimum Gasteiger partial charge on any atom is -0.344 e. The highest BCUT2D eigenvalue weighted by atomic mass is 79.9. The third-order valence-electron chi connectivity index (χ3n) is 3.11. The lowest BCUT2D eigenvalue weighted by Gasteiger charge is -2.15. The Morgan fingerprint density at radius 2 is 2.15 bits per heavy atom. The Bertz CT molecular complexity index is 580. The first kappa shape index (κ1) is 14.8. The molecule has 4 nitrogen and oxygen atoms in total. The van der Waals surface area contributed by atoms with Gasteiger partial charge in [0.25, 0.3) is 5.91 Å². The molecule has 1 N–H and O–H groups in total. The lowest BCUT2D eigenvalue weighted by Crippen LogP contribution is -2.28. The maximum Gasteiger partial charge on any atom is 0.268 e. The molecule has 0 fully saturated rings. The van der Waals surface area contributed by atoms with Crippen molar-refractivity contribution in [3.05, 3.63) is 52.5 Å². The Hall–Kier alpha value is -1.62. The monoisotopic (exact) mass is 335 g/mol. The van der Waals surface area contributed by atoms with Crippen molar-refractivity contribution < 1.29 is 4.79 Å². The highest BCUT2D eigenvalue weighted by Gasteiger charge is 2.15. The molecule has 2 heterocycles. The summed E-state index contributed by atoms with van der Waals surface area (Å²) in [6.07, 6.45) is 6.39. The van der Waals surface area contributed by atoms with E-state index in [9.17, 15) is 4.79 Å². The van der Waals surface area contributed by atoms with Crippen LogP contribution in [0.2, 0.25) is 0 Å². The number of hydrogen-bond acceptors (Lipinski definition) is 2. The van der Waals surface area contributed by atoms with E-state index in [-0.39, 0.29) is 11.9 Å². The molecular weight excluding hydrogens is 318 g/mol. The second-order valence-corrected chi connectivity index (χ2v) is 5.63. The van der Waals surface area contributed by atoms with Crippen LogP contribution in [0.25, 0.3) is 0 Å². The van der Waals surface area contributed by atoms with Crippen LogP contribution in [-0.4, -0.2) is 15.5 Å². The number of aromatic nitrogens is 2. The number of nitrogens with one attached hydrogen (secondary N) is 1. The first-order chi connectivity index (χ1) is 9.61. The molecule has 0 aromatic carbocycles. The SMILES string of the molecule is CCCn1cc(Br)cc1C(=O)NC(C)c1ccncc1. The minimum absolute atomic E-state index is 0.0470. The average molecular weight is 336 g/mol. The number of nitrogens with zero attached hydrogens (tertiary/aromatic N) is 2. The summed E-state index contributed by atoms with van der Waals surface area (Å²) in [5.74, 6) is -0.0616. The van der Waals surface area contributed by atoms with E-state index >= 15 is 0 Å². The van der Waals surface area contributed by atoms with Crippen molar-refractivity contribution in [1.82, 2.24) is 14.9 Å². The van der Waals surface area contributed by atoms with E-state index in [1.165, 1.54) is 0 Å².